The van der Waals surface area contributed by atoms with Gasteiger partial charge in [0.25, 0.3) is 0 Å². The molecule has 6 heteroatoms. The van der Waals surface area contributed by atoms with Gasteiger partial charge >= 0.3 is 0 Å². The SMILES string of the molecule is C=C(Cl)COc1nc2cc(SC)ccc2cc1CNCC1(C)COC1. The quantitative estimate of drug-likeness (QED) is 0.697. The summed E-state index contributed by atoms with van der Waals surface area (Å²) in [6.45, 7) is 9.36. The number of nitrogens with zero attached hydrogens (tertiary/aromatic N) is 1. The summed E-state index contributed by atoms with van der Waals surface area (Å²) in [5.41, 5.74) is 2.17. The first kappa shape index (κ1) is 18.5. The molecule has 2 heterocycles. The number of nitrogens with one attached hydrogen (secondary N) is 1. The monoisotopic (exact) mass is 378 g/mol. The summed E-state index contributed by atoms with van der Waals surface area (Å²) in [5, 5.41) is 5.06. The number of rotatable bonds is 8. The number of hydrogen-bond donors (Lipinski definition) is 1. The van der Waals surface area contributed by atoms with Crippen LogP contribution in [0.4, 0.5) is 0 Å². The molecule has 0 radical (unpaired) electrons. The van der Waals surface area contributed by atoms with Crippen molar-refractivity contribution < 1.29 is 9.47 Å². The molecule has 1 fully saturated rings. The van der Waals surface area contributed by atoms with E-state index in [-0.39, 0.29) is 12.0 Å². The Kier molecular flexibility index (Phi) is 5.89. The van der Waals surface area contributed by atoms with Crippen LogP contribution in [-0.2, 0) is 11.3 Å². The third kappa shape index (κ3) is 4.67. The first-order valence-electron chi connectivity index (χ1n) is 8.21. The van der Waals surface area contributed by atoms with Crippen LogP contribution in [0.15, 0.2) is 40.8 Å². The molecule has 1 aliphatic heterocycles. The number of ether oxygens (including phenoxy) is 2. The van der Waals surface area contributed by atoms with Gasteiger partial charge in [-0.25, -0.2) is 4.98 Å². The van der Waals surface area contributed by atoms with Crippen LogP contribution in [0, 0.1) is 5.41 Å². The van der Waals surface area contributed by atoms with Crippen LogP contribution in [0.25, 0.3) is 10.9 Å². The molecule has 1 aromatic carbocycles. The van der Waals surface area contributed by atoms with E-state index < -0.39 is 0 Å². The Labute approximate surface area is 157 Å². The third-order valence-electron chi connectivity index (χ3n) is 4.20. The molecule has 0 saturated carbocycles. The molecule has 1 aromatic heterocycles. The zero-order chi connectivity index (χ0) is 17.9. The topological polar surface area (TPSA) is 43.4 Å². The van der Waals surface area contributed by atoms with E-state index in [0.29, 0.717) is 17.5 Å². The Bertz CT molecular complexity index is 777. The standard InChI is InChI=1S/C19H23ClN2O2S/c1-13(20)9-24-18-15(8-21-10-19(2)11-23-12-19)6-14-4-5-16(25-3)7-17(14)22-18/h4-7,21H,1,8-12H2,2-3H3. The summed E-state index contributed by atoms with van der Waals surface area (Å²) in [6, 6.07) is 8.42. The van der Waals surface area contributed by atoms with Crippen LogP contribution in [0.1, 0.15) is 12.5 Å². The molecule has 1 aliphatic rings. The summed E-state index contributed by atoms with van der Waals surface area (Å²) >= 11 is 7.55. The molecule has 4 nitrogen and oxygen atoms in total. The molecule has 2 aromatic rings. The Morgan fingerprint density at radius 3 is 2.88 bits per heavy atom. The molecular formula is C19H23ClN2O2S. The van der Waals surface area contributed by atoms with E-state index in [1.807, 2.05) is 0 Å². The van der Waals surface area contributed by atoms with E-state index in [1.165, 1.54) is 4.90 Å². The highest BCUT2D eigenvalue weighted by atomic mass is 35.5. The Morgan fingerprint density at radius 1 is 1.44 bits per heavy atom. The van der Waals surface area contributed by atoms with Gasteiger partial charge in [0.2, 0.25) is 5.88 Å². The van der Waals surface area contributed by atoms with E-state index in [1.54, 1.807) is 11.8 Å². The second-order valence-electron chi connectivity index (χ2n) is 6.72. The first-order chi connectivity index (χ1) is 12.0. The summed E-state index contributed by atoms with van der Waals surface area (Å²) < 4.78 is 11.1. The van der Waals surface area contributed by atoms with Crippen LogP contribution in [-0.4, -0.2) is 37.6 Å². The van der Waals surface area contributed by atoms with Gasteiger partial charge in [-0.3, -0.25) is 0 Å². The van der Waals surface area contributed by atoms with Crippen LogP contribution < -0.4 is 10.1 Å². The van der Waals surface area contributed by atoms with Crippen molar-refractivity contribution in [2.24, 2.45) is 5.41 Å². The largest absolute Gasteiger partial charge is 0.472 e. The Hall–Kier alpha value is -1.27. The highest BCUT2D eigenvalue weighted by Gasteiger charge is 2.32. The Morgan fingerprint density at radius 2 is 2.24 bits per heavy atom. The zero-order valence-corrected chi connectivity index (χ0v) is 16.2. The van der Waals surface area contributed by atoms with E-state index in [0.717, 1.165) is 36.2 Å². The number of benzene rings is 1. The fourth-order valence-electron chi connectivity index (χ4n) is 2.75. The lowest BCUT2D eigenvalue weighted by Crippen LogP contribution is -2.47. The number of pyridine rings is 1. The van der Waals surface area contributed by atoms with E-state index in [2.05, 4.69) is 49.3 Å². The van der Waals surface area contributed by atoms with Gasteiger partial charge in [0.05, 0.1) is 18.7 Å². The smallest absolute Gasteiger partial charge is 0.218 e. The third-order valence-corrected chi connectivity index (χ3v) is 5.03. The fourth-order valence-corrected chi connectivity index (χ4v) is 3.24. The van der Waals surface area contributed by atoms with Gasteiger partial charge in [0.15, 0.2) is 0 Å². The number of aromatic nitrogens is 1. The molecule has 1 saturated heterocycles. The molecule has 0 spiro atoms. The minimum atomic E-state index is 0.225. The van der Waals surface area contributed by atoms with Gasteiger partial charge in [-0.15, -0.1) is 11.8 Å². The average molecular weight is 379 g/mol. The second kappa shape index (κ2) is 7.96. The van der Waals surface area contributed by atoms with Crippen LogP contribution in [0.3, 0.4) is 0 Å². The van der Waals surface area contributed by atoms with Crippen molar-refractivity contribution in [3.63, 3.8) is 0 Å². The second-order valence-corrected chi connectivity index (χ2v) is 8.14. The lowest BCUT2D eigenvalue weighted by Gasteiger charge is -2.38. The first-order valence-corrected chi connectivity index (χ1v) is 9.82. The Balaban J connectivity index is 1.81. The number of thioether (sulfide) groups is 1. The van der Waals surface area contributed by atoms with Crippen LogP contribution in [0.5, 0.6) is 5.88 Å². The minimum Gasteiger partial charge on any atom is -0.472 e. The predicted molar refractivity (Wildman–Crippen MR) is 105 cm³/mol. The number of fused-ring (bicyclic) bond motifs is 1. The number of halogens is 1. The average Bonchev–Trinajstić information content (AvgIpc) is 2.57. The lowest BCUT2D eigenvalue weighted by atomic mass is 9.89. The van der Waals surface area contributed by atoms with Crippen molar-refractivity contribution in [3.05, 3.63) is 41.4 Å². The van der Waals surface area contributed by atoms with Crippen molar-refractivity contribution in [1.82, 2.24) is 10.3 Å². The predicted octanol–water partition coefficient (Wildman–Crippen LogP) is 4.21. The zero-order valence-electron chi connectivity index (χ0n) is 14.6. The van der Waals surface area contributed by atoms with Crippen molar-refractivity contribution in [1.29, 1.82) is 0 Å². The molecule has 0 amide bonds. The molecule has 1 N–H and O–H groups in total. The van der Waals surface area contributed by atoms with Gasteiger partial charge in [-0.2, -0.15) is 0 Å². The molecule has 0 aliphatic carbocycles. The van der Waals surface area contributed by atoms with Gasteiger partial charge in [-0.05, 0) is 24.5 Å². The van der Waals surface area contributed by atoms with Crippen molar-refractivity contribution >= 4 is 34.3 Å². The fraction of sp³-hybridized carbons (Fsp3) is 0.421. The van der Waals surface area contributed by atoms with Crippen LogP contribution in [0.2, 0.25) is 0 Å². The highest BCUT2D eigenvalue weighted by molar-refractivity contribution is 7.98. The van der Waals surface area contributed by atoms with Gasteiger partial charge in [-0.1, -0.05) is 31.2 Å². The van der Waals surface area contributed by atoms with Crippen molar-refractivity contribution in [3.8, 4) is 5.88 Å². The van der Waals surface area contributed by atoms with Gasteiger partial charge in [0, 0.05) is 39.4 Å². The number of hydrogen-bond acceptors (Lipinski definition) is 5. The summed E-state index contributed by atoms with van der Waals surface area (Å²) in [5.74, 6) is 0.607. The van der Waals surface area contributed by atoms with Crippen molar-refractivity contribution in [2.75, 3.05) is 32.6 Å². The maximum atomic E-state index is 5.86. The lowest BCUT2D eigenvalue weighted by molar-refractivity contribution is -0.0991. The molecular weight excluding hydrogens is 356 g/mol. The van der Waals surface area contributed by atoms with Crippen molar-refractivity contribution in [2.45, 2.75) is 18.4 Å². The molecule has 25 heavy (non-hydrogen) atoms. The maximum absolute atomic E-state index is 5.86. The van der Waals surface area contributed by atoms with Gasteiger partial charge in [0.1, 0.15) is 6.61 Å². The molecule has 0 unspecified atom stereocenters. The molecule has 0 atom stereocenters. The molecule has 0 bridgehead atoms. The molecule has 134 valence electrons. The summed E-state index contributed by atoms with van der Waals surface area (Å²) in [4.78, 5) is 5.88. The van der Waals surface area contributed by atoms with E-state index >= 15 is 0 Å². The molecule has 3 rings (SSSR count). The van der Waals surface area contributed by atoms with E-state index in [9.17, 15) is 0 Å². The minimum absolute atomic E-state index is 0.225. The maximum Gasteiger partial charge on any atom is 0.218 e. The normalized spacial score (nSPS) is 15.8. The summed E-state index contributed by atoms with van der Waals surface area (Å²) in [7, 11) is 0. The highest BCUT2D eigenvalue weighted by Crippen LogP contribution is 2.28. The van der Waals surface area contributed by atoms with Gasteiger partial charge < -0.3 is 14.8 Å². The van der Waals surface area contributed by atoms with Crippen LogP contribution >= 0.6 is 23.4 Å². The van der Waals surface area contributed by atoms with E-state index in [4.69, 9.17) is 26.1 Å². The summed E-state index contributed by atoms with van der Waals surface area (Å²) in [6.07, 6.45) is 2.05.